The third-order valence-corrected chi connectivity index (χ3v) is 3.93. The largest absolute Gasteiger partial charge is 0.351 e. The second kappa shape index (κ2) is 7.97. The minimum absolute atomic E-state index is 0. The van der Waals surface area contributed by atoms with Gasteiger partial charge in [-0.05, 0) is 24.1 Å². The molecule has 1 unspecified atom stereocenters. The van der Waals surface area contributed by atoms with Crippen molar-refractivity contribution in [1.82, 2.24) is 10.6 Å². The van der Waals surface area contributed by atoms with Crippen LogP contribution in [0, 0.1) is 0 Å². The van der Waals surface area contributed by atoms with Crippen molar-refractivity contribution in [3.05, 3.63) is 71.8 Å². The highest BCUT2D eigenvalue weighted by molar-refractivity contribution is 5.87. The fourth-order valence-corrected chi connectivity index (χ4v) is 2.85. The highest BCUT2D eigenvalue weighted by Gasteiger charge is 2.25. The molecule has 1 aliphatic rings. The number of halogens is 1. The van der Waals surface area contributed by atoms with Crippen LogP contribution in [0.1, 0.15) is 23.5 Å². The average Bonchev–Trinajstić information content (AvgIpc) is 3.02. The van der Waals surface area contributed by atoms with E-state index in [9.17, 15) is 4.79 Å². The van der Waals surface area contributed by atoms with Crippen LogP contribution in [0.5, 0.6) is 0 Å². The van der Waals surface area contributed by atoms with Crippen LogP contribution in [0.25, 0.3) is 0 Å². The Bertz CT molecular complexity index is 543. The number of carbonyl (C=O) groups is 1. The molecule has 22 heavy (non-hydrogen) atoms. The zero-order valence-corrected chi connectivity index (χ0v) is 13.2. The molecule has 116 valence electrons. The monoisotopic (exact) mass is 316 g/mol. The Balaban J connectivity index is 0.00000176. The van der Waals surface area contributed by atoms with Crippen molar-refractivity contribution in [1.29, 1.82) is 0 Å². The summed E-state index contributed by atoms with van der Waals surface area (Å²) in [5.41, 5.74) is 2.07. The molecule has 1 saturated heterocycles. The van der Waals surface area contributed by atoms with Gasteiger partial charge >= 0.3 is 0 Å². The standard InChI is InChI=1S/C18H20N2O.ClH/c21-18(20-16-11-12-19-13-16)17(14-7-3-1-4-8-14)15-9-5-2-6-10-15;/h1-10,16-17,19H,11-13H2,(H,20,21);1H. The van der Waals surface area contributed by atoms with Crippen LogP contribution in [0.3, 0.4) is 0 Å². The van der Waals surface area contributed by atoms with Gasteiger partial charge in [-0.2, -0.15) is 0 Å². The van der Waals surface area contributed by atoms with E-state index in [2.05, 4.69) is 10.6 Å². The van der Waals surface area contributed by atoms with Crippen LogP contribution in [-0.4, -0.2) is 25.0 Å². The van der Waals surface area contributed by atoms with E-state index in [1.807, 2.05) is 60.7 Å². The Morgan fingerprint density at radius 2 is 1.55 bits per heavy atom. The molecule has 2 aromatic carbocycles. The number of carbonyl (C=O) groups excluding carboxylic acids is 1. The first-order valence-corrected chi connectivity index (χ1v) is 7.45. The van der Waals surface area contributed by atoms with Crippen molar-refractivity contribution >= 4 is 18.3 Å². The molecule has 1 amide bonds. The van der Waals surface area contributed by atoms with Gasteiger partial charge in [0.25, 0.3) is 0 Å². The first-order valence-electron chi connectivity index (χ1n) is 7.45. The van der Waals surface area contributed by atoms with Crippen LogP contribution in [0.4, 0.5) is 0 Å². The summed E-state index contributed by atoms with van der Waals surface area (Å²) in [5, 5.41) is 6.46. The molecule has 1 atom stereocenters. The minimum Gasteiger partial charge on any atom is -0.351 e. The summed E-state index contributed by atoms with van der Waals surface area (Å²) in [5.74, 6) is -0.158. The van der Waals surface area contributed by atoms with E-state index >= 15 is 0 Å². The molecule has 1 aliphatic heterocycles. The van der Waals surface area contributed by atoms with Gasteiger partial charge < -0.3 is 10.6 Å². The smallest absolute Gasteiger partial charge is 0.232 e. The van der Waals surface area contributed by atoms with Gasteiger partial charge in [0.1, 0.15) is 0 Å². The number of amides is 1. The van der Waals surface area contributed by atoms with Crippen molar-refractivity contribution in [3.63, 3.8) is 0 Å². The second-order valence-corrected chi connectivity index (χ2v) is 5.45. The first kappa shape index (κ1) is 16.5. The molecule has 2 aromatic rings. The predicted octanol–water partition coefficient (Wildman–Crippen LogP) is 2.72. The highest BCUT2D eigenvalue weighted by atomic mass is 35.5. The molecule has 3 rings (SSSR count). The number of nitrogens with one attached hydrogen (secondary N) is 2. The fraction of sp³-hybridized carbons (Fsp3) is 0.278. The van der Waals surface area contributed by atoms with E-state index in [-0.39, 0.29) is 30.3 Å². The lowest BCUT2D eigenvalue weighted by Crippen LogP contribution is -2.39. The molecule has 0 spiro atoms. The van der Waals surface area contributed by atoms with Gasteiger partial charge in [0.15, 0.2) is 0 Å². The van der Waals surface area contributed by atoms with Gasteiger partial charge in [-0.25, -0.2) is 0 Å². The molecule has 4 heteroatoms. The zero-order chi connectivity index (χ0) is 14.5. The second-order valence-electron chi connectivity index (χ2n) is 5.45. The number of hydrogen-bond acceptors (Lipinski definition) is 2. The third-order valence-electron chi connectivity index (χ3n) is 3.93. The van der Waals surface area contributed by atoms with Gasteiger partial charge in [0, 0.05) is 12.6 Å². The molecule has 1 heterocycles. The third kappa shape index (κ3) is 3.87. The van der Waals surface area contributed by atoms with E-state index in [0.717, 1.165) is 30.6 Å². The van der Waals surface area contributed by atoms with Crippen molar-refractivity contribution in [2.24, 2.45) is 0 Å². The van der Waals surface area contributed by atoms with Crippen LogP contribution in [-0.2, 0) is 4.79 Å². The Labute approximate surface area is 137 Å². The van der Waals surface area contributed by atoms with Gasteiger partial charge in [0.2, 0.25) is 5.91 Å². The molecule has 2 N–H and O–H groups in total. The van der Waals surface area contributed by atoms with Gasteiger partial charge in [-0.3, -0.25) is 4.79 Å². The fourth-order valence-electron chi connectivity index (χ4n) is 2.85. The Morgan fingerprint density at radius 1 is 1.00 bits per heavy atom. The highest BCUT2D eigenvalue weighted by Crippen LogP contribution is 2.25. The summed E-state index contributed by atoms with van der Waals surface area (Å²) in [7, 11) is 0. The predicted molar refractivity (Wildman–Crippen MR) is 91.4 cm³/mol. The SMILES string of the molecule is Cl.O=C(NC1CCNC1)C(c1ccccc1)c1ccccc1. The summed E-state index contributed by atoms with van der Waals surface area (Å²) < 4.78 is 0. The summed E-state index contributed by atoms with van der Waals surface area (Å²) in [4.78, 5) is 12.8. The van der Waals surface area contributed by atoms with Gasteiger partial charge in [-0.15, -0.1) is 12.4 Å². The van der Waals surface area contributed by atoms with Crippen LogP contribution in [0.2, 0.25) is 0 Å². The summed E-state index contributed by atoms with van der Waals surface area (Å²) >= 11 is 0. The Hall–Kier alpha value is -1.84. The average molecular weight is 317 g/mol. The van der Waals surface area contributed by atoms with E-state index in [0.29, 0.717) is 0 Å². The molecule has 0 aromatic heterocycles. The summed E-state index contributed by atoms with van der Waals surface area (Å²) in [6.07, 6.45) is 1.00. The van der Waals surface area contributed by atoms with Crippen molar-refractivity contribution in [2.45, 2.75) is 18.4 Å². The molecule has 0 saturated carbocycles. The van der Waals surface area contributed by atoms with Crippen molar-refractivity contribution in [3.8, 4) is 0 Å². The lowest BCUT2D eigenvalue weighted by atomic mass is 9.90. The van der Waals surface area contributed by atoms with E-state index in [1.165, 1.54) is 0 Å². The van der Waals surface area contributed by atoms with Gasteiger partial charge in [0.05, 0.1) is 5.92 Å². The maximum Gasteiger partial charge on any atom is 0.232 e. The molecule has 1 fully saturated rings. The van der Waals surface area contributed by atoms with E-state index < -0.39 is 0 Å². The zero-order valence-electron chi connectivity index (χ0n) is 12.4. The molecule has 0 radical (unpaired) electrons. The lowest BCUT2D eigenvalue weighted by Gasteiger charge is -2.20. The summed E-state index contributed by atoms with van der Waals surface area (Å²) in [6, 6.07) is 20.2. The van der Waals surface area contributed by atoms with Crippen LogP contribution in [0.15, 0.2) is 60.7 Å². The first-order chi connectivity index (χ1) is 10.3. The van der Waals surface area contributed by atoms with Crippen molar-refractivity contribution in [2.75, 3.05) is 13.1 Å². The summed E-state index contributed by atoms with van der Waals surface area (Å²) in [6.45, 7) is 1.84. The van der Waals surface area contributed by atoms with Crippen molar-refractivity contribution < 1.29 is 4.79 Å². The molecule has 0 aliphatic carbocycles. The molecular weight excluding hydrogens is 296 g/mol. The number of hydrogen-bond donors (Lipinski definition) is 2. The lowest BCUT2D eigenvalue weighted by molar-refractivity contribution is -0.122. The number of benzene rings is 2. The molecular formula is C18H21ClN2O. The normalized spacial score (nSPS) is 17.0. The topological polar surface area (TPSA) is 41.1 Å². The number of rotatable bonds is 4. The van der Waals surface area contributed by atoms with E-state index in [1.54, 1.807) is 0 Å². The Kier molecular flexibility index (Phi) is 5.99. The van der Waals surface area contributed by atoms with Crippen LogP contribution >= 0.6 is 12.4 Å². The Morgan fingerprint density at radius 3 is 2.00 bits per heavy atom. The maximum atomic E-state index is 12.8. The molecule has 0 bridgehead atoms. The maximum absolute atomic E-state index is 12.8. The minimum atomic E-state index is -0.243. The van der Waals surface area contributed by atoms with E-state index in [4.69, 9.17) is 0 Å². The molecule has 3 nitrogen and oxygen atoms in total. The van der Waals surface area contributed by atoms with Gasteiger partial charge in [-0.1, -0.05) is 60.7 Å². The van der Waals surface area contributed by atoms with Crippen LogP contribution < -0.4 is 10.6 Å². The quantitative estimate of drug-likeness (QED) is 0.910.